The Bertz CT molecular complexity index is 305. The van der Waals surface area contributed by atoms with Gasteiger partial charge < -0.3 is 10.3 Å². The zero-order chi connectivity index (χ0) is 10.1. The number of nitrogens with two attached hydrogens (primary N) is 1. The zero-order valence-electron chi connectivity index (χ0n) is 8.98. The Labute approximate surface area is 85.3 Å². The fraction of sp³-hybridized carbons (Fsp3) is 0.727. The van der Waals surface area contributed by atoms with Crippen LogP contribution in [0.3, 0.4) is 0 Å². The SMILES string of the molecule is CC1CCC(N)CC1c1nccn1C. The van der Waals surface area contributed by atoms with Crippen LogP contribution in [0.15, 0.2) is 12.4 Å². The highest BCUT2D eigenvalue weighted by Crippen LogP contribution is 2.35. The fourth-order valence-electron chi connectivity index (χ4n) is 2.45. The minimum atomic E-state index is 0.368. The van der Waals surface area contributed by atoms with Gasteiger partial charge >= 0.3 is 0 Å². The first-order valence-electron chi connectivity index (χ1n) is 5.41. The lowest BCUT2D eigenvalue weighted by Gasteiger charge is -2.32. The number of rotatable bonds is 1. The molecule has 1 aromatic rings. The van der Waals surface area contributed by atoms with Gasteiger partial charge in [0.05, 0.1) is 0 Å². The largest absolute Gasteiger partial charge is 0.338 e. The maximum Gasteiger partial charge on any atom is 0.111 e. The van der Waals surface area contributed by atoms with Crippen molar-refractivity contribution in [2.45, 2.75) is 38.1 Å². The highest BCUT2D eigenvalue weighted by atomic mass is 15.0. The molecule has 1 aromatic heterocycles. The number of aryl methyl sites for hydroxylation is 1. The molecule has 1 saturated carbocycles. The minimum absolute atomic E-state index is 0.368. The first-order valence-corrected chi connectivity index (χ1v) is 5.41. The quantitative estimate of drug-likeness (QED) is 0.737. The maximum absolute atomic E-state index is 6.01. The molecule has 3 nitrogen and oxygen atoms in total. The van der Waals surface area contributed by atoms with Crippen LogP contribution in [0.1, 0.15) is 37.9 Å². The molecule has 3 unspecified atom stereocenters. The summed E-state index contributed by atoms with van der Waals surface area (Å²) in [5, 5.41) is 0. The molecule has 0 aromatic carbocycles. The van der Waals surface area contributed by atoms with Crippen molar-refractivity contribution in [2.75, 3.05) is 0 Å². The first kappa shape index (κ1) is 9.71. The van der Waals surface area contributed by atoms with Gasteiger partial charge in [-0.2, -0.15) is 0 Å². The van der Waals surface area contributed by atoms with Gasteiger partial charge in [-0.15, -0.1) is 0 Å². The van der Waals surface area contributed by atoms with E-state index in [1.54, 1.807) is 0 Å². The molecule has 2 N–H and O–H groups in total. The summed E-state index contributed by atoms with van der Waals surface area (Å²) in [6.45, 7) is 2.31. The molecular formula is C11H19N3. The zero-order valence-corrected chi connectivity index (χ0v) is 8.98. The van der Waals surface area contributed by atoms with Crippen LogP contribution >= 0.6 is 0 Å². The third kappa shape index (κ3) is 1.69. The monoisotopic (exact) mass is 193 g/mol. The van der Waals surface area contributed by atoms with Crippen LogP contribution in [0.2, 0.25) is 0 Å². The topological polar surface area (TPSA) is 43.8 Å². The third-order valence-electron chi connectivity index (χ3n) is 3.43. The Balaban J connectivity index is 2.20. The lowest BCUT2D eigenvalue weighted by molar-refractivity contribution is 0.287. The number of hydrogen-bond donors (Lipinski definition) is 1. The Morgan fingerprint density at radius 2 is 2.29 bits per heavy atom. The van der Waals surface area contributed by atoms with Gasteiger partial charge in [-0.25, -0.2) is 4.98 Å². The van der Waals surface area contributed by atoms with Crippen LogP contribution in [0, 0.1) is 5.92 Å². The van der Waals surface area contributed by atoms with Crippen molar-refractivity contribution in [1.29, 1.82) is 0 Å². The molecule has 0 spiro atoms. The number of imidazole rings is 1. The van der Waals surface area contributed by atoms with Gasteiger partial charge in [-0.3, -0.25) is 0 Å². The molecule has 78 valence electrons. The van der Waals surface area contributed by atoms with Crippen molar-refractivity contribution in [3.05, 3.63) is 18.2 Å². The fourth-order valence-corrected chi connectivity index (χ4v) is 2.45. The van der Waals surface area contributed by atoms with E-state index in [-0.39, 0.29) is 0 Å². The van der Waals surface area contributed by atoms with Gasteiger partial charge in [0.2, 0.25) is 0 Å². The van der Waals surface area contributed by atoms with Crippen LogP contribution in [-0.4, -0.2) is 15.6 Å². The Morgan fingerprint density at radius 1 is 1.50 bits per heavy atom. The predicted molar refractivity (Wildman–Crippen MR) is 56.9 cm³/mol. The van der Waals surface area contributed by atoms with Crippen molar-refractivity contribution >= 4 is 0 Å². The molecule has 0 saturated heterocycles. The Kier molecular flexibility index (Phi) is 2.59. The van der Waals surface area contributed by atoms with Gasteiger partial charge in [0.15, 0.2) is 0 Å². The van der Waals surface area contributed by atoms with Crippen molar-refractivity contribution < 1.29 is 0 Å². The highest BCUT2D eigenvalue weighted by molar-refractivity contribution is 5.04. The van der Waals surface area contributed by atoms with E-state index in [1.807, 2.05) is 12.4 Å². The van der Waals surface area contributed by atoms with Gasteiger partial charge in [0, 0.05) is 31.4 Å². The smallest absolute Gasteiger partial charge is 0.111 e. The highest BCUT2D eigenvalue weighted by Gasteiger charge is 2.29. The second-order valence-corrected chi connectivity index (χ2v) is 4.55. The molecule has 0 aliphatic heterocycles. The van der Waals surface area contributed by atoms with Crippen molar-refractivity contribution in [3.8, 4) is 0 Å². The number of hydrogen-bond acceptors (Lipinski definition) is 2. The molecule has 2 rings (SSSR count). The average Bonchev–Trinajstić information content (AvgIpc) is 2.56. The first-order chi connectivity index (χ1) is 6.68. The molecular weight excluding hydrogens is 174 g/mol. The summed E-state index contributed by atoms with van der Waals surface area (Å²) in [6, 6.07) is 0.368. The molecule has 1 aliphatic rings. The van der Waals surface area contributed by atoms with E-state index < -0.39 is 0 Å². The van der Waals surface area contributed by atoms with Gasteiger partial charge in [0.25, 0.3) is 0 Å². The lowest BCUT2D eigenvalue weighted by atomic mass is 9.78. The summed E-state index contributed by atoms with van der Waals surface area (Å²) in [5.74, 6) is 2.47. The van der Waals surface area contributed by atoms with Crippen LogP contribution in [0.4, 0.5) is 0 Å². The second-order valence-electron chi connectivity index (χ2n) is 4.55. The summed E-state index contributed by atoms with van der Waals surface area (Å²) in [5.41, 5.74) is 6.01. The summed E-state index contributed by atoms with van der Waals surface area (Å²) >= 11 is 0. The van der Waals surface area contributed by atoms with Crippen molar-refractivity contribution in [3.63, 3.8) is 0 Å². The van der Waals surface area contributed by atoms with E-state index in [0.717, 1.165) is 12.3 Å². The molecule has 1 fully saturated rings. The molecule has 1 heterocycles. The van der Waals surface area contributed by atoms with Crippen LogP contribution in [0.5, 0.6) is 0 Å². The van der Waals surface area contributed by atoms with E-state index in [0.29, 0.717) is 12.0 Å². The molecule has 14 heavy (non-hydrogen) atoms. The van der Waals surface area contributed by atoms with E-state index >= 15 is 0 Å². The van der Waals surface area contributed by atoms with Gasteiger partial charge in [-0.05, 0) is 25.2 Å². The Morgan fingerprint density at radius 3 is 2.93 bits per heavy atom. The molecule has 0 radical (unpaired) electrons. The summed E-state index contributed by atoms with van der Waals surface area (Å²) in [6.07, 6.45) is 7.39. The maximum atomic E-state index is 6.01. The molecule has 3 heteroatoms. The van der Waals surface area contributed by atoms with Gasteiger partial charge in [0.1, 0.15) is 5.82 Å². The van der Waals surface area contributed by atoms with Crippen LogP contribution in [-0.2, 0) is 7.05 Å². The van der Waals surface area contributed by atoms with E-state index in [4.69, 9.17) is 5.73 Å². The average molecular weight is 193 g/mol. The van der Waals surface area contributed by atoms with E-state index in [1.165, 1.54) is 18.7 Å². The van der Waals surface area contributed by atoms with E-state index in [2.05, 4.69) is 23.5 Å². The van der Waals surface area contributed by atoms with Crippen LogP contribution in [0.25, 0.3) is 0 Å². The predicted octanol–water partition coefficient (Wildman–Crippen LogP) is 1.65. The molecule has 0 bridgehead atoms. The lowest BCUT2D eigenvalue weighted by Crippen LogP contribution is -2.32. The standard InChI is InChI=1S/C11H19N3/c1-8-3-4-9(12)7-10(8)11-13-5-6-14(11)2/h5-6,8-10H,3-4,7,12H2,1-2H3. The minimum Gasteiger partial charge on any atom is -0.338 e. The van der Waals surface area contributed by atoms with Gasteiger partial charge in [-0.1, -0.05) is 6.92 Å². The second kappa shape index (κ2) is 3.73. The molecule has 3 atom stereocenters. The Hall–Kier alpha value is -0.830. The van der Waals surface area contributed by atoms with Crippen molar-refractivity contribution in [2.24, 2.45) is 18.7 Å². The number of aromatic nitrogens is 2. The molecule has 0 amide bonds. The van der Waals surface area contributed by atoms with E-state index in [9.17, 15) is 0 Å². The number of nitrogens with zero attached hydrogens (tertiary/aromatic N) is 2. The normalized spacial score (nSPS) is 33.2. The van der Waals surface area contributed by atoms with Crippen LogP contribution < -0.4 is 5.73 Å². The summed E-state index contributed by atoms with van der Waals surface area (Å²) < 4.78 is 2.12. The van der Waals surface area contributed by atoms with Crippen molar-refractivity contribution in [1.82, 2.24) is 9.55 Å². The molecule has 1 aliphatic carbocycles. The third-order valence-corrected chi connectivity index (χ3v) is 3.43. The summed E-state index contributed by atoms with van der Waals surface area (Å²) in [7, 11) is 2.06. The summed E-state index contributed by atoms with van der Waals surface area (Å²) in [4.78, 5) is 4.43.